The van der Waals surface area contributed by atoms with Crippen molar-refractivity contribution in [3.8, 4) is 0 Å². The van der Waals surface area contributed by atoms with E-state index in [4.69, 9.17) is 4.74 Å². The van der Waals surface area contributed by atoms with Gasteiger partial charge in [0.1, 0.15) is 0 Å². The first-order valence-corrected chi connectivity index (χ1v) is 9.49. The molecule has 1 N–H and O–H groups in total. The summed E-state index contributed by atoms with van der Waals surface area (Å²) in [4.78, 5) is 22.1. The molecule has 1 amide bonds. The number of hydrogen-bond donors (Lipinski definition) is 1. The van der Waals surface area contributed by atoms with Crippen molar-refractivity contribution >= 4 is 11.7 Å². The fourth-order valence-corrected chi connectivity index (χ4v) is 3.63. The zero-order chi connectivity index (χ0) is 21.3. The van der Waals surface area contributed by atoms with Gasteiger partial charge < -0.3 is 10.1 Å². The molecular weight excluding hydrogens is 389 g/mol. The molecule has 160 valence electrons. The molecule has 11 heteroatoms. The summed E-state index contributed by atoms with van der Waals surface area (Å²) in [6, 6.07) is 0. The van der Waals surface area contributed by atoms with E-state index in [1.807, 2.05) is 13.8 Å². The minimum absolute atomic E-state index is 0.0116. The smallest absolute Gasteiger partial charge is 0.373 e. The summed E-state index contributed by atoms with van der Waals surface area (Å²) in [6.07, 6.45) is -4.33. The minimum atomic E-state index is -4.65. The van der Waals surface area contributed by atoms with Crippen LogP contribution in [-0.2, 0) is 22.1 Å². The van der Waals surface area contributed by atoms with Crippen LogP contribution in [0.25, 0.3) is 5.78 Å². The maximum atomic E-state index is 12.9. The van der Waals surface area contributed by atoms with Crippen LogP contribution in [0, 0.1) is 13.8 Å². The normalized spacial score (nSPS) is 20.9. The minimum Gasteiger partial charge on any atom is -0.373 e. The number of morpholine rings is 1. The van der Waals surface area contributed by atoms with Crippen LogP contribution >= 0.6 is 0 Å². The largest absolute Gasteiger partial charge is 0.453 e. The number of alkyl halides is 3. The van der Waals surface area contributed by atoms with Crippen molar-refractivity contribution in [2.45, 2.75) is 52.5 Å². The van der Waals surface area contributed by atoms with E-state index >= 15 is 0 Å². The number of hydrogen-bond acceptors (Lipinski definition) is 6. The molecule has 2 aromatic heterocycles. The van der Waals surface area contributed by atoms with Gasteiger partial charge in [-0.25, -0.2) is 9.50 Å². The summed E-state index contributed by atoms with van der Waals surface area (Å²) in [5.41, 5.74) is 1.42. The Balaban J connectivity index is 1.64. The summed E-state index contributed by atoms with van der Waals surface area (Å²) in [5, 5.41) is 6.36. The van der Waals surface area contributed by atoms with Gasteiger partial charge in [-0.2, -0.15) is 18.2 Å². The van der Waals surface area contributed by atoms with Gasteiger partial charge in [0.05, 0.1) is 18.6 Å². The Morgan fingerprint density at radius 3 is 2.48 bits per heavy atom. The molecule has 3 heterocycles. The quantitative estimate of drug-likeness (QED) is 0.799. The molecule has 0 saturated carbocycles. The summed E-state index contributed by atoms with van der Waals surface area (Å²) in [7, 11) is 0. The molecule has 2 aromatic rings. The molecule has 0 aliphatic carbocycles. The molecular formula is C18H25F3N6O2. The number of carbonyl (C=O) groups is 1. The van der Waals surface area contributed by atoms with Crippen molar-refractivity contribution < 1.29 is 22.7 Å². The van der Waals surface area contributed by atoms with Crippen LogP contribution < -0.4 is 5.32 Å². The fraction of sp³-hybridized carbons (Fsp3) is 0.667. The summed E-state index contributed by atoms with van der Waals surface area (Å²) in [6.45, 7) is 10.1. The summed E-state index contributed by atoms with van der Waals surface area (Å²) >= 11 is 0. The third kappa shape index (κ3) is 5.02. The van der Waals surface area contributed by atoms with Crippen LogP contribution in [0.5, 0.6) is 0 Å². The lowest BCUT2D eigenvalue weighted by molar-refractivity contribution is -0.144. The van der Waals surface area contributed by atoms with E-state index in [-0.39, 0.29) is 30.3 Å². The van der Waals surface area contributed by atoms with Gasteiger partial charge >= 0.3 is 6.18 Å². The van der Waals surface area contributed by atoms with Gasteiger partial charge in [-0.15, -0.1) is 5.10 Å². The fourth-order valence-electron chi connectivity index (χ4n) is 3.63. The van der Waals surface area contributed by atoms with Gasteiger partial charge in [0.2, 0.25) is 5.91 Å². The summed E-state index contributed by atoms with van der Waals surface area (Å²) in [5.74, 6) is -1.60. The average molecular weight is 414 g/mol. The van der Waals surface area contributed by atoms with E-state index in [1.165, 1.54) is 0 Å². The Bertz CT molecular complexity index is 888. The van der Waals surface area contributed by atoms with Crippen molar-refractivity contribution in [3.05, 3.63) is 22.8 Å². The number of nitrogens with one attached hydrogen (secondary N) is 1. The molecule has 29 heavy (non-hydrogen) atoms. The van der Waals surface area contributed by atoms with Crippen LogP contribution in [0.15, 0.2) is 0 Å². The van der Waals surface area contributed by atoms with Crippen LogP contribution in [-0.4, -0.2) is 68.8 Å². The predicted octanol–water partition coefficient (Wildman–Crippen LogP) is 1.53. The number of aryl methyl sites for hydroxylation is 2. The van der Waals surface area contributed by atoms with Crippen LogP contribution in [0.3, 0.4) is 0 Å². The van der Waals surface area contributed by atoms with Gasteiger partial charge in [0.15, 0.2) is 0 Å². The lowest BCUT2D eigenvalue weighted by atomic mass is 10.1. The van der Waals surface area contributed by atoms with Gasteiger partial charge in [-0.05, 0) is 27.7 Å². The van der Waals surface area contributed by atoms with Crippen molar-refractivity contribution in [1.29, 1.82) is 0 Å². The first-order valence-electron chi connectivity index (χ1n) is 9.49. The van der Waals surface area contributed by atoms with Crippen molar-refractivity contribution in [1.82, 2.24) is 29.8 Å². The van der Waals surface area contributed by atoms with E-state index in [1.54, 1.807) is 13.8 Å². The number of rotatable bonds is 5. The topological polar surface area (TPSA) is 84.6 Å². The van der Waals surface area contributed by atoms with E-state index < -0.39 is 12.0 Å². The number of aromatic nitrogens is 4. The number of fused-ring (bicyclic) bond motifs is 1. The zero-order valence-corrected chi connectivity index (χ0v) is 16.9. The molecule has 0 spiro atoms. The zero-order valence-electron chi connectivity index (χ0n) is 16.9. The predicted molar refractivity (Wildman–Crippen MR) is 98.4 cm³/mol. The maximum absolute atomic E-state index is 12.9. The molecule has 0 radical (unpaired) electrons. The highest BCUT2D eigenvalue weighted by atomic mass is 19.4. The lowest BCUT2D eigenvalue weighted by Gasteiger charge is -2.35. The molecule has 2 atom stereocenters. The molecule has 1 saturated heterocycles. The standard InChI is InChI=1S/C18H25F3N6O2/c1-10-8-26(9-11(2)29-10)6-5-22-15(28)7-14-12(3)23-17-24-16(18(19,20)21)25-27(17)13(14)4/h10-11H,5-9H2,1-4H3,(H,22,28). The second-order valence-electron chi connectivity index (χ2n) is 7.45. The second kappa shape index (κ2) is 8.23. The average Bonchev–Trinajstić information content (AvgIpc) is 3.02. The van der Waals surface area contributed by atoms with Crippen molar-refractivity contribution in [3.63, 3.8) is 0 Å². The van der Waals surface area contributed by atoms with Crippen LogP contribution in [0.1, 0.15) is 36.6 Å². The Hall–Kier alpha value is -2.27. The van der Waals surface area contributed by atoms with E-state index in [0.717, 1.165) is 17.6 Å². The number of amides is 1. The Labute approximate surface area is 166 Å². The second-order valence-corrected chi connectivity index (χ2v) is 7.45. The summed E-state index contributed by atoms with van der Waals surface area (Å²) < 4.78 is 45.3. The molecule has 2 unspecified atom stereocenters. The van der Waals surface area contributed by atoms with E-state index in [9.17, 15) is 18.0 Å². The maximum Gasteiger partial charge on any atom is 0.453 e. The van der Waals surface area contributed by atoms with Gasteiger partial charge in [0, 0.05) is 43.1 Å². The SMILES string of the molecule is Cc1nc2nc(C(F)(F)F)nn2c(C)c1CC(=O)NCCN1CC(C)OC(C)C1. The van der Waals surface area contributed by atoms with E-state index in [2.05, 4.69) is 25.3 Å². The lowest BCUT2D eigenvalue weighted by Crippen LogP contribution is -2.48. The Kier molecular flexibility index (Phi) is 6.08. The Morgan fingerprint density at radius 1 is 1.21 bits per heavy atom. The van der Waals surface area contributed by atoms with Crippen molar-refractivity contribution in [2.24, 2.45) is 0 Å². The molecule has 0 aromatic carbocycles. The molecule has 3 rings (SSSR count). The molecule has 1 aliphatic heterocycles. The third-order valence-electron chi connectivity index (χ3n) is 4.89. The van der Waals surface area contributed by atoms with Crippen LogP contribution in [0.2, 0.25) is 0 Å². The van der Waals surface area contributed by atoms with Gasteiger partial charge in [-0.1, -0.05) is 0 Å². The van der Waals surface area contributed by atoms with Gasteiger partial charge in [-0.3, -0.25) is 9.69 Å². The number of nitrogens with zero attached hydrogens (tertiary/aromatic N) is 5. The van der Waals surface area contributed by atoms with Crippen molar-refractivity contribution in [2.75, 3.05) is 26.2 Å². The Morgan fingerprint density at radius 2 is 1.86 bits per heavy atom. The first-order chi connectivity index (χ1) is 13.5. The molecule has 1 aliphatic rings. The number of ether oxygens (including phenoxy) is 1. The first kappa shape index (κ1) is 21.4. The highest BCUT2D eigenvalue weighted by Crippen LogP contribution is 2.27. The highest BCUT2D eigenvalue weighted by molar-refractivity contribution is 5.79. The molecule has 0 bridgehead atoms. The highest BCUT2D eigenvalue weighted by Gasteiger charge is 2.37. The molecule has 1 fully saturated rings. The number of halogens is 3. The van der Waals surface area contributed by atoms with E-state index in [0.29, 0.717) is 30.0 Å². The van der Waals surface area contributed by atoms with Crippen LogP contribution in [0.4, 0.5) is 13.2 Å². The van der Waals surface area contributed by atoms with Gasteiger partial charge in [0.25, 0.3) is 11.6 Å². The number of carbonyl (C=O) groups excluding carboxylic acids is 1. The third-order valence-corrected chi connectivity index (χ3v) is 4.89. The monoisotopic (exact) mass is 414 g/mol. The molecule has 8 nitrogen and oxygen atoms in total.